The fraction of sp³-hybridized carbons (Fsp3) is 0.385. The molecule has 1 amide bonds. The van der Waals surface area contributed by atoms with Gasteiger partial charge in [0.15, 0.2) is 23.8 Å². The maximum absolute atomic E-state index is 12.0. The van der Waals surface area contributed by atoms with Crippen LogP contribution in [0.4, 0.5) is 5.82 Å². The van der Waals surface area contributed by atoms with E-state index in [2.05, 4.69) is 26.8 Å². The summed E-state index contributed by atoms with van der Waals surface area (Å²) in [7, 11) is 0. The molecule has 5 N–H and O–H groups in total. The van der Waals surface area contributed by atoms with E-state index in [1.807, 2.05) is 0 Å². The van der Waals surface area contributed by atoms with Crippen LogP contribution in [0.25, 0.3) is 11.2 Å². The predicted molar refractivity (Wildman–Crippen MR) is 78.9 cm³/mol. The second kappa shape index (κ2) is 5.91. The number of nitrogens with zero attached hydrogens (tertiary/aromatic N) is 4. The third kappa shape index (κ3) is 2.52. The normalized spacial score (nSPS) is 27.2. The first-order valence-corrected chi connectivity index (χ1v) is 6.87. The number of amides is 1. The first kappa shape index (κ1) is 15.3. The number of ether oxygens (including phenoxy) is 1. The molecule has 3 heterocycles. The number of nitrogen functional groups attached to an aromatic ring is 1. The van der Waals surface area contributed by atoms with Gasteiger partial charge in [0.05, 0.1) is 6.33 Å². The van der Waals surface area contributed by atoms with Gasteiger partial charge in [-0.15, -0.1) is 6.58 Å². The number of rotatable bonds is 4. The average molecular weight is 320 g/mol. The first-order valence-electron chi connectivity index (χ1n) is 6.87. The Balaban J connectivity index is 1.89. The van der Waals surface area contributed by atoms with Crippen LogP contribution in [0.1, 0.15) is 6.23 Å². The number of hydrogen-bond donors (Lipinski definition) is 4. The van der Waals surface area contributed by atoms with Gasteiger partial charge in [0.2, 0.25) is 0 Å². The lowest BCUT2D eigenvalue weighted by atomic mass is 10.1. The van der Waals surface area contributed by atoms with E-state index in [9.17, 15) is 15.0 Å². The molecule has 1 aliphatic heterocycles. The zero-order valence-electron chi connectivity index (χ0n) is 12.0. The van der Waals surface area contributed by atoms with Crippen LogP contribution in [0.5, 0.6) is 0 Å². The standard InChI is InChI=1S/C13H16N6O4/c1-2-3-15-12(22)9-7(20)8(21)13(23-9)19-5-18-6-10(14)16-4-17-11(6)19/h2,4-5,7-9,13,20-21H,1,3H2,(H,15,22)(H2,14,16,17)/t7-,8+,9-,13?/m0/s1. The summed E-state index contributed by atoms with van der Waals surface area (Å²) in [6.07, 6.45) is -0.849. The van der Waals surface area contributed by atoms with Gasteiger partial charge in [-0.25, -0.2) is 15.0 Å². The molecule has 0 aromatic carbocycles. The number of imidazole rings is 1. The summed E-state index contributed by atoms with van der Waals surface area (Å²) in [5, 5.41) is 22.8. The van der Waals surface area contributed by atoms with Crippen molar-refractivity contribution in [1.82, 2.24) is 24.8 Å². The molecule has 0 radical (unpaired) electrons. The first-order chi connectivity index (χ1) is 11.0. The van der Waals surface area contributed by atoms with E-state index in [1.165, 1.54) is 23.3 Å². The van der Waals surface area contributed by atoms with E-state index in [0.717, 1.165) is 0 Å². The molecule has 1 fully saturated rings. The topological polar surface area (TPSA) is 148 Å². The number of aliphatic hydroxyl groups excluding tert-OH is 2. The number of aliphatic hydroxyl groups is 2. The highest BCUT2D eigenvalue weighted by molar-refractivity contribution is 5.82. The molecule has 10 nitrogen and oxygen atoms in total. The second-order valence-corrected chi connectivity index (χ2v) is 5.05. The van der Waals surface area contributed by atoms with Crippen molar-refractivity contribution in [3.8, 4) is 0 Å². The summed E-state index contributed by atoms with van der Waals surface area (Å²) < 4.78 is 6.92. The Morgan fingerprint density at radius 3 is 2.96 bits per heavy atom. The van der Waals surface area contributed by atoms with Crippen molar-refractivity contribution < 1.29 is 19.7 Å². The summed E-state index contributed by atoms with van der Waals surface area (Å²) in [5.41, 5.74) is 6.39. The van der Waals surface area contributed by atoms with Gasteiger partial charge in [0, 0.05) is 6.54 Å². The summed E-state index contributed by atoms with van der Waals surface area (Å²) in [6.45, 7) is 3.71. The number of nitrogens with two attached hydrogens (primary N) is 1. The minimum absolute atomic E-state index is 0.182. The molecule has 1 unspecified atom stereocenters. The minimum atomic E-state index is -1.39. The molecular formula is C13H16N6O4. The van der Waals surface area contributed by atoms with Gasteiger partial charge >= 0.3 is 0 Å². The molecule has 1 aliphatic rings. The fourth-order valence-electron chi connectivity index (χ4n) is 2.44. The smallest absolute Gasteiger partial charge is 0.252 e. The highest BCUT2D eigenvalue weighted by atomic mass is 16.6. The molecule has 0 spiro atoms. The minimum Gasteiger partial charge on any atom is -0.387 e. The Hall–Kier alpha value is -2.56. The van der Waals surface area contributed by atoms with Crippen molar-refractivity contribution in [2.45, 2.75) is 24.5 Å². The molecule has 122 valence electrons. The van der Waals surface area contributed by atoms with Gasteiger partial charge in [0.25, 0.3) is 5.91 Å². The molecule has 0 bridgehead atoms. The molecular weight excluding hydrogens is 304 g/mol. The highest BCUT2D eigenvalue weighted by Gasteiger charge is 2.47. The number of nitrogens with one attached hydrogen (secondary N) is 1. The number of carbonyl (C=O) groups is 1. The van der Waals surface area contributed by atoms with Gasteiger partial charge in [-0.3, -0.25) is 9.36 Å². The van der Waals surface area contributed by atoms with Gasteiger partial charge in [-0.05, 0) is 0 Å². The van der Waals surface area contributed by atoms with Crippen molar-refractivity contribution in [2.75, 3.05) is 12.3 Å². The summed E-state index contributed by atoms with van der Waals surface area (Å²) in [5.74, 6) is -0.362. The van der Waals surface area contributed by atoms with Crippen LogP contribution in [-0.4, -0.2) is 60.5 Å². The molecule has 0 aliphatic carbocycles. The Kier molecular flexibility index (Phi) is 3.94. The Morgan fingerprint density at radius 1 is 1.43 bits per heavy atom. The van der Waals surface area contributed by atoms with Crippen LogP contribution < -0.4 is 11.1 Å². The van der Waals surface area contributed by atoms with E-state index in [4.69, 9.17) is 10.5 Å². The van der Waals surface area contributed by atoms with Crippen LogP contribution in [0, 0.1) is 0 Å². The average Bonchev–Trinajstić information content (AvgIpc) is 3.09. The molecule has 2 aromatic rings. The van der Waals surface area contributed by atoms with Crippen molar-refractivity contribution in [3.63, 3.8) is 0 Å². The van der Waals surface area contributed by atoms with E-state index in [1.54, 1.807) is 0 Å². The third-order valence-corrected chi connectivity index (χ3v) is 3.58. The maximum Gasteiger partial charge on any atom is 0.252 e. The summed E-state index contributed by atoms with van der Waals surface area (Å²) in [6, 6.07) is 0. The SMILES string of the molecule is C=CCNC(=O)[C@H]1OC(n2cnc3c(N)ncnc32)[C@H](O)[C@@H]1O. The van der Waals surface area contributed by atoms with Crippen molar-refractivity contribution in [2.24, 2.45) is 0 Å². The second-order valence-electron chi connectivity index (χ2n) is 5.05. The number of fused-ring (bicyclic) bond motifs is 1. The molecule has 4 atom stereocenters. The quantitative estimate of drug-likeness (QED) is 0.489. The van der Waals surface area contributed by atoms with Crippen LogP contribution in [0.15, 0.2) is 25.3 Å². The molecule has 1 saturated heterocycles. The van der Waals surface area contributed by atoms with Crippen molar-refractivity contribution in [3.05, 3.63) is 25.3 Å². The maximum atomic E-state index is 12.0. The van der Waals surface area contributed by atoms with E-state index < -0.39 is 30.4 Å². The Bertz CT molecular complexity index is 747. The van der Waals surface area contributed by atoms with Crippen LogP contribution in [0.2, 0.25) is 0 Å². The predicted octanol–water partition coefficient (Wildman–Crippen LogP) is -1.67. The van der Waals surface area contributed by atoms with Gasteiger partial charge in [-0.2, -0.15) is 0 Å². The number of hydrogen-bond acceptors (Lipinski definition) is 8. The number of anilines is 1. The lowest BCUT2D eigenvalue weighted by molar-refractivity contribution is -0.137. The molecule has 0 saturated carbocycles. The fourth-order valence-corrected chi connectivity index (χ4v) is 2.44. The zero-order chi connectivity index (χ0) is 16.6. The Labute approximate surface area is 130 Å². The van der Waals surface area contributed by atoms with Crippen LogP contribution >= 0.6 is 0 Å². The van der Waals surface area contributed by atoms with Gasteiger partial charge < -0.3 is 26.0 Å². The van der Waals surface area contributed by atoms with Crippen molar-refractivity contribution in [1.29, 1.82) is 0 Å². The summed E-state index contributed by atoms with van der Waals surface area (Å²) >= 11 is 0. The van der Waals surface area contributed by atoms with Crippen LogP contribution in [0.3, 0.4) is 0 Å². The molecule has 23 heavy (non-hydrogen) atoms. The zero-order valence-corrected chi connectivity index (χ0v) is 12.0. The molecule has 3 rings (SSSR count). The molecule has 2 aromatic heterocycles. The highest BCUT2D eigenvalue weighted by Crippen LogP contribution is 2.31. The molecule has 10 heteroatoms. The summed E-state index contributed by atoms with van der Waals surface area (Å²) in [4.78, 5) is 23.9. The lowest BCUT2D eigenvalue weighted by Crippen LogP contribution is -2.42. The van der Waals surface area contributed by atoms with Crippen molar-refractivity contribution >= 4 is 22.9 Å². The number of aromatic nitrogens is 4. The van der Waals surface area contributed by atoms with E-state index in [0.29, 0.717) is 11.2 Å². The largest absolute Gasteiger partial charge is 0.387 e. The Morgan fingerprint density at radius 2 is 2.22 bits per heavy atom. The van der Waals surface area contributed by atoms with Crippen LogP contribution in [-0.2, 0) is 9.53 Å². The van der Waals surface area contributed by atoms with Gasteiger partial charge in [0.1, 0.15) is 24.1 Å². The third-order valence-electron chi connectivity index (χ3n) is 3.58. The monoisotopic (exact) mass is 320 g/mol. The number of carbonyl (C=O) groups excluding carboxylic acids is 1. The van der Waals surface area contributed by atoms with E-state index in [-0.39, 0.29) is 12.4 Å². The lowest BCUT2D eigenvalue weighted by Gasteiger charge is -2.16. The van der Waals surface area contributed by atoms with Gasteiger partial charge in [-0.1, -0.05) is 6.08 Å². The van der Waals surface area contributed by atoms with E-state index >= 15 is 0 Å².